The first-order chi connectivity index (χ1) is 13.1. The van der Waals surface area contributed by atoms with Crippen molar-refractivity contribution in [3.8, 4) is 5.69 Å². The van der Waals surface area contributed by atoms with E-state index in [1.807, 2.05) is 49.0 Å². The first-order valence-corrected chi connectivity index (χ1v) is 9.69. The van der Waals surface area contributed by atoms with Gasteiger partial charge in [0.25, 0.3) is 5.56 Å². The first kappa shape index (κ1) is 17.8. The number of hydrogen-bond acceptors (Lipinski definition) is 2. The van der Waals surface area contributed by atoms with E-state index in [9.17, 15) is 4.79 Å². The molecule has 0 bridgehead atoms. The van der Waals surface area contributed by atoms with Crippen LogP contribution in [0.4, 0.5) is 0 Å². The van der Waals surface area contributed by atoms with Crippen LogP contribution in [0.5, 0.6) is 0 Å². The van der Waals surface area contributed by atoms with E-state index in [4.69, 9.17) is 0 Å². The molecule has 1 heterocycles. The Morgan fingerprint density at radius 1 is 1.07 bits per heavy atom. The standard InChI is InChI=1S/C23H27N3O/c1-17-21(23(27)26(25(17)3)19-12-5-4-6-13-19)16-24(2)22-15-9-11-18-10-7-8-14-20(18)22/h4-8,10,12-14,22H,9,11,15-16H2,1-3H3/t22-/m0/s1. The molecule has 1 aliphatic carbocycles. The van der Waals surface area contributed by atoms with Gasteiger partial charge >= 0.3 is 0 Å². The zero-order valence-corrected chi connectivity index (χ0v) is 16.4. The lowest BCUT2D eigenvalue weighted by atomic mass is 9.87. The number of aromatic nitrogens is 2. The maximum absolute atomic E-state index is 13.2. The largest absolute Gasteiger partial charge is 0.295 e. The Kier molecular flexibility index (Phi) is 4.75. The fourth-order valence-electron chi connectivity index (χ4n) is 4.35. The predicted octanol–water partition coefficient (Wildman–Crippen LogP) is 3.99. The lowest BCUT2D eigenvalue weighted by molar-refractivity contribution is 0.212. The summed E-state index contributed by atoms with van der Waals surface area (Å²) in [4.78, 5) is 15.5. The molecule has 0 unspecified atom stereocenters. The third-order valence-electron chi connectivity index (χ3n) is 5.95. The molecule has 0 amide bonds. The van der Waals surface area contributed by atoms with Crippen LogP contribution < -0.4 is 5.56 Å². The number of fused-ring (bicyclic) bond motifs is 1. The zero-order valence-electron chi connectivity index (χ0n) is 16.4. The molecule has 1 aliphatic rings. The van der Waals surface area contributed by atoms with Gasteiger partial charge in [0.2, 0.25) is 0 Å². The van der Waals surface area contributed by atoms with Gasteiger partial charge in [-0.25, -0.2) is 4.68 Å². The Hall–Kier alpha value is -2.59. The smallest absolute Gasteiger partial charge is 0.276 e. The molecule has 0 fully saturated rings. The fourth-order valence-corrected chi connectivity index (χ4v) is 4.35. The summed E-state index contributed by atoms with van der Waals surface area (Å²) in [5.41, 5.74) is 5.77. The van der Waals surface area contributed by atoms with Gasteiger partial charge in [-0.15, -0.1) is 0 Å². The van der Waals surface area contributed by atoms with E-state index in [1.54, 1.807) is 4.68 Å². The van der Waals surface area contributed by atoms with Crippen LogP contribution in [0.15, 0.2) is 59.4 Å². The Morgan fingerprint density at radius 2 is 1.78 bits per heavy atom. The predicted molar refractivity (Wildman–Crippen MR) is 109 cm³/mol. The Balaban J connectivity index is 1.67. The molecule has 1 atom stereocenters. The van der Waals surface area contributed by atoms with Gasteiger partial charge in [0, 0.05) is 25.3 Å². The number of para-hydroxylation sites is 1. The summed E-state index contributed by atoms with van der Waals surface area (Å²) in [7, 11) is 4.11. The van der Waals surface area contributed by atoms with Gasteiger partial charge in [-0.05, 0) is 56.5 Å². The van der Waals surface area contributed by atoms with Crippen molar-refractivity contribution in [2.24, 2.45) is 7.05 Å². The Morgan fingerprint density at radius 3 is 2.56 bits per heavy atom. The second kappa shape index (κ2) is 7.20. The summed E-state index contributed by atoms with van der Waals surface area (Å²) in [5.74, 6) is 0. The topological polar surface area (TPSA) is 30.2 Å². The second-order valence-electron chi connectivity index (χ2n) is 7.56. The van der Waals surface area contributed by atoms with Crippen molar-refractivity contribution in [1.29, 1.82) is 0 Å². The third-order valence-corrected chi connectivity index (χ3v) is 5.95. The molecule has 0 N–H and O–H groups in total. The Bertz CT molecular complexity index is 1000. The monoisotopic (exact) mass is 361 g/mol. The van der Waals surface area contributed by atoms with E-state index in [0.29, 0.717) is 12.6 Å². The number of nitrogens with zero attached hydrogens (tertiary/aromatic N) is 3. The molecule has 2 aromatic carbocycles. The van der Waals surface area contributed by atoms with Crippen molar-refractivity contribution in [3.05, 3.63) is 87.3 Å². The van der Waals surface area contributed by atoms with E-state index < -0.39 is 0 Å². The lowest BCUT2D eigenvalue weighted by Gasteiger charge is -2.33. The van der Waals surface area contributed by atoms with Crippen LogP contribution in [0.2, 0.25) is 0 Å². The molecule has 27 heavy (non-hydrogen) atoms. The summed E-state index contributed by atoms with van der Waals surface area (Å²) in [6, 6.07) is 19.0. The molecule has 0 saturated heterocycles. The van der Waals surface area contributed by atoms with Crippen LogP contribution >= 0.6 is 0 Å². The van der Waals surface area contributed by atoms with E-state index in [-0.39, 0.29) is 5.56 Å². The molecule has 0 radical (unpaired) electrons. The summed E-state index contributed by atoms with van der Waals surface area (Å²) < 4.78 is 3.74. The van der Waals surface area contributed by atoms with Gasteiger partial charge in [0.15, 0.2) is 0 Å². The highest BCUT2D eigenvalue weighted by molar-refractivity contribution is 5.34. The van der Waals surface area contributed by atoms with Crippen LogP contribution in [-0.4, -0.2) is 21.3 Å². The van der Waals surface area contributed by atoms with Crippen LogP contribution in [0.3, 0.4) is 0 Å². The van der Waals surface area contributed by atoms with Crippen LogP contribution in [-0.2, 0) is 20.0 Å². The summed E-state index contributed by atoms with van der Waals surface area (Å²) >= 11 is 0. The average molecular weight is 361 g/mol. The molecule has 4 heteroatoms. The number of rotatable bonds is 4. The summed E-state index contributed by atoms with van der Waals surface area (Å²) in [6.45, 7) is 2.70. The number of benzene rings is 2. The highest BCUT2D eigenvalue weighted by Crippen LogP contribution is 2.34. The second-order valence-corrected chi connectivity index (χ2v) is 7.56. The van der Waals surface area contributed by atoms with Gasteiger partial charge in [0.05, 0.1) is 11.3 Å². The maximum Gasteiger partial charge on any atom is 0.276 e. The zero-order chi connectivity index (χ0) is 19.0. The van der Waals surface area contributed by atoms with Crippen molar-refractivity contribution in [2.75, 3.05) is 7.05 Å². The summed E-state index contributed by atoms with van der Waals surface area (Å²) in [6.07, 6.45) is 3.51. The van der Waals surface area contributed by atoms with Crippen molar-refractivity contribution in [1.82, 2.24) is 14.3 Å². The average Bonchev–Trinajstić information content (AvgIpc) is 2.91. The molecular weight excluding hydrogens is 334 g/mol. The van der Waals surface area contributed by atoms with E-state index >= 15 is 0 Å². The van der Waals surface area contributed by atoms with Crippen LogP contribution in [0.25, 0.3) is 5.69 Å². The maximum atomic E-state index is 13.2. The SMILES string of the molecule is Cc1c(CN(C)[C@H]2CCCc3ccccc32)c(=O)n(-c2ccccc2)n1C. The van der Waals surface area contributed by atoms with Crippen molar-refractivity contribution in [3.63, 3.8) is 0 Å². The minimum absolute atomic E-state index is 0.0807. The van der Waals surface area contributed by atoms with Gasteiger partial charge < -0.3 is 0 Å². The molecule has 0 saturated carbocycles. The molecule has 140 valence electrons. The molecule has 4 rings (SSSR count). The van der Waals surface area contributed by atoms with Crippen molar-refractivity contribution < 1.29 is 0 Å². The lowest BCUT2D eigenvalue weighted by Crippen LogP contribution is -2.30. The highest BCUT2D eigenvalue weighted by Gasteiger charge is 2.25. The van der Waals surface area contributed by atoms with Gasteiger partial charge in [-0.1, -0.05) is 42.5 Å². The number of hydrogen-bond donors (Lipinski definition) is 0. The molecule has 0 aliphatic heterocycles. The number of aryl methyl sites for hydroxylation is 1. The van der Waals surface area contributed by atoms with Crippen LogP contribution in [0.1, 0.15) is 41.3 Å². The molecule has 1 aromatic heterocycles. The molecular formula is C23H27N3O. The van der Waals surface area contributed by atoms with Crippen molar-refractivity contribution >= 4 is 0 Å². The van der Waals surface area contributed by atoms with Gasteiger partial charge in [-0.3, -0.25) is 14.4 Å². The van der Waals surface area contributed by atoms with Crippen LogP contribution in [0, 0.1) is 6.92 Å². The van der Waals surface area contributed by atoms with Crippen molar-refractivity contribution in [2.45, 2.75) is 38.8 Å². The van der Waals surface area contributed by atoms with Gasteiger partial charge in [-0.2, -0.15) is 0 Å². The summed E-state index contributed by atoms with van der Waals surface area (Å²) in [5, 5.41) is 0. The minimum Gasteiger partial charge on any atom is -0.295 e. The fraction of sp³-hybridized carbons (Fsp3) is 0.348. The molecule has 0 spiro atoms. The van der Waals surface area contributed by atoms with E-state index in [0.717, 1.165) is 29.8 Å². The Labute approximate surface area is 160 Å². The molecule has 3 aromatic rings. The first-order valence-electron chi connectivity index (χ1n) is 9.69. The normalized spacial score (nSPS) is 16.5. The van der Waals surface area contributed by atoms with Gasteiger partial charge in [0.1, 0.15) is 0 Å². The quantitative estimate of drug-likeness (QED) is 0.703. The minimum atomic E-state index is 0.0807. The van der Waals surface area contributed by atoms with E-state index in [1.165, 1.54) is 17.5 Å². The third kappa shape index (κ3) is 3.15. The molecule has 4 nitrogen and oxygen atoms in total. The highest BCUT2D eigenvalue weighted by atomic mass is 16.1. The van der Waals surface area contributed by atoms with E-state index in [2.05, 4.69) is 36.2 Å².